The SMILES string of the molecule is CCCNCc1cc(-c2ccc(C)c(C)c2)n[nH]1. The molecule has 0 amide bonds. The van der Waals surface area contributed by atoms with Crippen molar-refractivity contribution < 1.29 is 0 Å². The van der Waals surface area contributed by atoms with Gasteiger partial charge in [0.15, 0.2) is 0 Å². The van der Waals surface area contributed by atoms with Gasteiger partial charge < -0.3 is 5.32 Å². The van der Waals surface area contributed by atoms with Gasteiger partial charge in [0.05, 0.1) is 5.69 Å². The van der Waals surface area contributed by atoms with Gasteiger partial charge in [0.2, 0.25) is 0 Å². The van der Waals surface area contributed by atoms with E-state index in [9.17, 15) is 0 Å². The van der Waals surface area contributed by atoms with E-state index in [0.717, 1.165) is 30.9 Å². The zero-order chi connectivity index (χ0) is 13.0. The Balaban J connectivity index is 2.11. The molecule has 2 aromatic rings. The number of hydrogen-bond donors (Lipinski definition) is 2. The summed E-state index contributed by atoms with van der Waals surface area (Å²) in [4.78, 5) is 0. The van der Waals surface area contributed by atoms with Crippen molar-refractivity contribution in [3.05, 3.63) is 41.1 Å². The van der Waals surface area contributed by atoms with Crippen molar-refractivity contribution in [2.75, 3.05) is 6.54 Å². The molecule has 0 radical (unpaired) electrons. The molecular weight excluding hydrogens is 222 g/mol. The number of H-pyrrole nitrogens is 1. The second kappa shape index (κ2) is 5.83. The first-order chi connectivity index (χ1) is 8.70. The van der Waals surface area contributed by atoms with Crippen LogP contribution in [0.5, 0.6) is 0 Å². The van der Waals surface area contributed by atoms with Crippen LogP contribution in [-0.2, 0) is 6.54 Å². The van der Waals surface area contributed by atoms with Crippen molar-refractivity contribution in [1.29, 1.82) is 0 Å². The third-order valence-corrected chi connectivity index (χ3v) is 3.18. The molecule has 0 spiro atoms. The van der Waals surface area contributed by atoms with E-state index in [1.807, 2.05) is 0 Å². The van der Waals surface area contributed by atoms with Gasteiger partial charge in [0.1, 0.15) is 0 Å². The molecule has 0 aliphatic carbocycles. The molecular formula is C15H21N3. The molecule has 0 saturated heterocycles. The van der Waals surface area contributed by atoms with Gasteiger partial charge >= 0.3 is 0 Å². The van der Waals surface area contributed by atoms with E-state index in [0.29, 0.717) is 0 Å². The van der Waals surface area contributed by atoms with Crippen LogP contribution in [0, 0.1) is 13.8 Å². The van der Waals surface area contributed by atoms with Crippen LogP contribution in [0.25, 0.3) is 11.3 Å². The fourth-order valence-electron chi connectivity index (χ4n) is 1.90. The Labute approximate surface area is 109 Å². The fourth-order valence-corrected chi connectivity index (χ4v) is 1.90. The topological polar surface area (TPSA) is 40.7 Å². The number of rotatable bonds is 5. The molecule has 96 valence electrons. The van der Waals surface area contributed by atoms with Crippen LogP contribution in [0.2, 0.25) is 0 Å². The number of aromatic amines is 1. The first-order valence-electron chi connectivity index (χ1n) is 6.53. The number of aromatic nitrogens is 2. The van der Waals surface area contributed by atoms with E-state index >= 15 is 0 Å². The quantitative estimate of drug-likeness (QED) is 0.792. The lowest BCUT2D eigenvalue weighted by Crippen LogP contribution is -2.13. The Morgan fingerprint density at radius 1 is 1.17 bits per heavy atom. The molecule has 18 heavy (non-hydrogen) atoms. The molecule has 2 N–H and O–H groups in total. The van der Waals surface area contributed by atoms with Crippen LogP contribution in [0.3, 0.4) is 0 Å². The van der Waals surface area contributed by atoms with E-state index in [-0.39, 0.29) is 0 Å². The molecule has 2 rings (SSSR count). The average Bonchev–Trinajstić information content (AvgIpc) is 2.82. The smallest absolute Gasteiger partial charge is 0.0924 e. The molecule has 1 heterocycles. The first kappa shape index (κ1) is 12.8. The third-order valence-electron chi connectivity index (χ3n) is 3.18. The van der Waals surface area contributed by atoms with Crippen LogP contribution in [0.4, 0.5) is 0 Å². The molecule has 0 fully saturated rings. The standard InChI is InChI=1S/C15H21N3/c1-4-7-16-10-14-9-15(18-17-14)13-6-5-11(2)12(3)8-13/h5-6,8-9,16H,4,7,10H2,1-3H3,(H,17,18). The molecule has 3 heteroatoms. The molecule has 0 saturated carbocycles. The zero-order valence-electron chi connectivity index (χ0n) is 11.4. The van der Waals surface area contributed by atoms with Crippen LogP contribution in [0.1, 0.15) is 30.2 Å². The van der Waals surface area contributed by atoms with Crippen LogP contribution >= 0.6 is 0 Å². The van der Waals surface area contributed by atoms with Crippen molar-refractivity contribution >= 4 is 0 Å². The lowest BCUT2D eigenvalue weighted by Gasteiger charge is -2.02. The minimum Gasteiger partial charge on any atom is -0.311 e. The van der Waals surface area contributed by atoms with Crippen molar-refractivity contribution in [3.8, 4) is 11.3 Å². The highest BCUT2D eigenvalue weighted by molar-refractivity contribution is 5.61. The monoisotopic (exact) mass is 243 g/mol. The Morgan fingerprint density at radius 3 is 2.72 bits per heavy atom. The van der Waals surface area contributed by atoms with Gasteiger partial charge in [-0.1, -0.05) is 19.1 Å². The third kappa shape index (κ3) is 2.99. The van der Waals surface area contributed by atoms with Gasteiger partial charge in [-0.2, -0.15) is 5.10 Å². The van der Waals surface area contributed by atoms with Crippen LogP contribution in [0.15, 0.2) is 24.3 Å². The van der Waals surface area contributed by atoms with Crippen molar-refractivity contribution in [2.45, 2.75) is 33.7 Å². The Hall–Kier alpha value is -1.61. The van der Waals surface area contributed by atoms with Gasteiger partial charge in [0.25, 0.3) is 0 Å². The summed E-state index contributed by atoms with van der Waals surface area (Å²) in [5.41, 5.74) is 5.96. The number of nitrogens with zero attached hydrogens (tertiary/aromatic N) is 1. The van der Waals surface area contributed by atoms with E-state index in [4.69, 9.17) is 0 Å². The highest BCUT2D eigenvalue weighted by atomic mass is 15.1. The summed E-state index contributed by atoms with van der Waals surface area (Å²) in [7, 11) is 0. The summed E-state index contributed by atoms with van der Waals surface area (Å²) in [6, 6.07) is 8.58. The lowest BCUT2D eigenvalue weighted by molar-refractivity contribution is 0.662. The molecule has 0 unspecified atom stereocenters. The summed E-state index contributed by atoms with van der Waals surface area (Å²) >= 11 is 0. The number of hydrogen-bond acceptors (Lipinski definition) is 2. The summed E-state index contributed by atoms with van der Waals surface area (Å²) < 4.78 is 0. The zero-order valence-corrected chi connectivity index (χ0v) is 11.4. The minimum atomic E-state index is 0.853. The summed E-state index contributed by atoms with van der Waals surface area (Å²) in [5, 5.41) is 10.8. The Morgan fingerprint density at radius 2 is 2.00 bits per heavy atom. The minimum absolute atomic E-state index is 0.853. The predicted molar refractivity (Wildman–Crippen MR) is 75.5 cm³/mol. The predicted octanol–water partition coefficient (Wildman–Crippen LogP) is 3.19. The summed E-state index contributed by atoms with van der Waals surface area (Å²) in [5.74, 6) is 0. The van der Waals surface area contributed by atoms with E-state index in [2.05, 4.69) is 60.6 Å². The van der Waals surface area contributed by atoms with E-state index in [1.165, 1.54) is 16.7 Å². The van der Waals surface area contributed by atoms with Crippen LogP contribution < -0.4 is 5.32 Å². The molecule has 1 aromatic carbocycles. The Kier molecular flexibility index (Phi) is 4.15. The normalized spacial score (nSPS) is 10.8. The average molecular weight is 243 g/mol. The van der Waals surface area contributed by atoms with Gasteiger partial charge in [0, 0.05) is 17.8 Å². The summed E-state index contributed by atoms with van der Waals surface area (Å²) in [6.07, 6.45) is 1.15. The van der Waals surface area contributed by atoms with Gasteiger partial charge in [-0.25, -0.2) is 0 Å². The molecule has 0 bridgehead atoms. The molecule has 0 aliphatic heterocycles. The molecule has 0 atom stereocenters. The van der Waals surface area contributed by atoms with E-state index < -0.39 is 0 Å². The second-order valence-corrected chi connectivity index (χ2v) is 4.75. The maximum absolute atomic E-state index is 4.37. The number of benzene rings is 1. The first-order valence-corrected chi connectivity index (χ1v) is 6.53. The van der Waals surface area contributed by atoms with Crippen molar-refractivity contribution in [1.82, 2.24) is 15.5 Å². The van der Waals surface area contributed by atoms with Gasteiger partial charge in [-0.3, -0.25) is 5.10 Å². The second-order valence-electron chi connectivity index (χ2n) is 4.75. The summed E-state index contributed by atoms with van der Waals surface area (Å²) in [6.45, 7) is 8.32. The van der Waals surface area contributed by atoms with Gasteiger partial charge in [-0.05, 0) is 50.1 Å². The van der Waals surface area contributed by atoms with E-state index in [1.54, 1.807) is 0 Å². The van der Waals surface area contributed by atoms with Gasteiger partial charge in [-0.15, -0.1) is 0 Å². The Bertz CT molecular complexity index is 514. The van der Waals surface area contributed by atoms with Crippen molar-refractivity contribution in [2.24, 2.45) is 0 Å². The number of aryl methyl sites for hydroxylation is 2. The molecule has 3 nitrogen and oxygen atoms in total. The molecule has 1 aromatic heterocycles. The molecule has 0 aliphatic rings. The van der Waals surface area contributed by atoms with Crippen LogP contribution in [-0.4, -0.2) is 16.7 Å². The fraction of sp³-hybridized carbons (Fsp3) is 0.400. The maximum atomic E-state index is 4.37. The van der Waals surface area contributed by atoms with Crippen molar-refractivity contribution in [3.63, 3.8) is 0 Å². The lowest BCUT2D eigenvalue weighted by atomic mass is 10.0. The number of nitrogens with one attached hydrogen (secondary N) is 2. The largest absolute Gasteiger partial charge is 0.311 e. The highest BCUT2D eigenvalue weighted by Gasteiger charge is 2.04. The maximum Gasteiger partial charge on any atom is 0.0924 e. The highest BCUT2D eigenvalue weighted by Crippen LogP contribution is 2.20.